The van der Waals surface area contributed by atoms with E-state index in [1.165, 1.54) is 5.56 Å². The fraction of sp³-hybridized carbons (Fsp3) is 0.714. The number of aliphatic carboxylic acids is 1. The number of aryl methyl sites for hydroxylation is 1. The zero-order chi connectivity index (χ0) is 14.0. The Morgan fingerprint density at radius 1 is 1.58 bits per heavy atom. The van der Waals surface area contributed by atoms with Gasteiger partial charge in [0.2, 0.25) is 0 Å². The molecule has 1 aliphatic heterocycles. The highest BCUT2D eigenvalue weighted by Crippen LogP contribution is 2.36. The molecule has 0 radical (unpaired) electrons. The molecule has 1 saturated heterocycles. The van der Waals surface area contributed by atoms with Gasteiger partial charge in [-0.3, -0.25) is 14.4 Å². The van der Waals surface area contributed by atoms with Crippen LogP contribution in [0, 0.1) is 12.3 Å². The Balaban J connectivity index is 2.05. The number of carboxylic acid groups (broad SMARTS) is 1. The molecular formula is C14H23N3O2. The van der Waals surface area contributed by atoms with Gasteiger partial charge in [-0.05, 0) is 26.3 Å². The van der Waals surface area contributed by atoms with Crippen molar-refractivity contribution < 1.29 is 9.90 Å². The normalized spacial score (nSPS) is 23.9. The van der Waals surface area contributed by atoms with Gasteiger partial charge in [0.1, 0.15) is 0 Å². The molecular weight excluding hydrogens is 242 g/mol. The number of likely N-dealkylation sites (tertiary alicyclic amines) is 1. The highest BCUT2D eigenvalue weighted by Gasteiger charge is 2.43. The standard InChI is InChI=1S/C14H23N3O2/c1-4-5-14(13(18)19)6-7-17(10-14)9-12-8-15-16(3)11(12)2/h8H,4-7,9-10H2,1-3H3,(H,18,19). The van der Waals surface area contributed by atoms with Crippen LogP contribution in [0.4, 0.5) is 0 Å². The highest BCUT2D eigenvalue weighted by atomic mass is 16.4. The van der Waals surface area contributed by atoms with Crippen LogP contribution in [0.5, 0.6) is 0 Å². The topological polar surface area (TPSA) is 58.4 Å². The van der Waals surface area contributed by atoms with Crippen LogP contribution in [0.25, 0.3) is 0 Å². The van der Waals surface area contributed by atoms with E-state index in [-0.39, 0.29) is 0 Å². The summed E-state index contributed by atoms with van der Waals surface area (Å²) in [4.78, 5) is 13.8. The van der Waals surface area contributed by atoms with Gasteiger partial charge in [0.25, 0.3) is 0 Å². The average molecular weight is 265 g/mol. The summed E-state index contributed by atoms with van der Waals surface area (Å²) in [6, 6.07) is 0. The van der Waals surface area contributed by atoms with Crippen LogP contribution in [0.15, 0.2) is 6.20 Å². The number of aromatic nitrogens is 2. The molecule has 0 aliphatic carbocycles. The third kappa shape index (κ3) is 2.66. The number of carboxylic acids is 1. The Labute approximate surface area is 114 Å². The maximum atomic E-state index is 11.5. The fourth-order valence-corrected chi connectivity index (χ4v) is 3.00. The smallest absolute Gasteiger partial charge is 0.310 e. The van der Waals surface area contributed by atoms with E-state index in [0.29, 0.717) is 6.54 Å². The first-order chi connectivity index (χ1) is 8.98. The number of carbonyl (C=O) groups is 1. The molecule has 19 heavy (non-hydrogen) atoms. The summed E-state index contributed by atoms with van der Waals surface area (Å²) in [7, 11) is 1.93. The molecule has 0 spiro atoms. The van der Waals surface area contributed by atoms with Crippen LogP contribution in [-0.4, -0.2) is 38.8 Å². The van der Waals surface area contributed by atoms with E-state index < -0.39 is 11.4 Å². The quantitative estimate of drug-likeness (QED) is 0.882. The molecule has 1 N–H and O–H groups in total. The minimum Gasteiger partial charge on any atom is -0.481 e. The molecule has 5 nitrogen and oxygen atoms in total. The van der Waals surface area contributed by atoms with Crippen molar-refractivity contribution in [2.45, 2.75) is 39.7 Å². The largest absolute Gasteiger partial charge is 0.481 e. The first-order valence-corrected chi connectivity index (χ1v) is 6.92. The zero-order valence-corrected chi connectivity index (χ0v) is 12.0. The van der Waals surface area contributed by atoms with Crippen LogP contribution in [0.3, 0.4) is 0 Å². The second-order valence-corrected chi connectivity index (χ2v) is 5.67. The predicted octanol–water partition coefficient (Wildman–Crippen LogP) is 1.81. The van der Waals surface area contributed by atoms with E-state index in [1.54, 1.807) is 0 Å². The molecule has 1 unspecified atom stereocenters. The molecule has 1 aromatic heterocycles. The van der Waals surface area contributed by atoms with Crippen molar-refractivity contribution >= 4 is 5.97 Å². The van der Waals surface area contributed by atoms with Gasteiger partial charge in [-0.25, -0.2) is 0 Å². The van der Waals surface area contributed by atoms with Crippen LogP contribution in [0.1, 0.15) is 37.4 Å². The van der Waals surface area contributed by atoms with Gasteiger partial charge in [-0.2, -0.15) is 5.10 Å². The Hall–Kier alpha value is -1.36. The van der Waals surface area contributed by atoms with Crippen molar-refractivity contribution in [3.8, 4) is 0 Å². The lowest BCUT2D eigenvalue weighted by molar-refractivity contribution is -0.148. The summed E-state index contributed by atoms with van der Waals surface area (Å²) in [5.41, 5.74) is 1.81. The number of nitrogens with zero attached hydrogens (tertiary/aromatic N) is 3. The summed E-state index contributed by atoms with van der Waals surface area (Å²) in [6.07, 6.45) is 4.34. The summed E-state index contributed by atoms with van der Waals surface area (Å²) < 4.78 is 1.86. The van der Waals surface area contributed by atoms with E-state index in [0.717, 1.165) is 38.0 Å². The van der Waals surface area contributed by atoms with Crippen LogP contribution >= 0.6 is 0 Å². The van der Waals surface area contributed by atoms with Gasteiger partial charge >= 0.3 is 5.97 Å². The number of rotatable bonds is 5. The summed E-state index contributed by atoms with van der Waals surface area (Å²) in [5.74, 6) is -0.639. The molecule has 0 bridgehead atoms. The Morgan fingerprint density at radius 2 is 2.32 bits per heavy atom. The third-order valence-electron chi connectivity index (χ3n) is 4.35. The SMILES string of the molecule is CCCC1(C(=O)O)CCN(Cc2cnn(C)c2C)C1. The lowest BCUT2D eigenvalue weighted by Gasteiger charge is -2.24. The van der Waals surface area contributed by atoms with Crippen molar-refractivity contribution in [3.63, 3.8) is 0 Å². The molecule has 0 amide bonds. The summed E-state index contributed by atoms with van der Waals surface area (Å²) >= 11 is 0. The third-order valence-corrected chi connectivity index (χ3v) is 4.35. The molecule has 1 atom stereocenters. The van der Waals surface area contributed by atoms with Gasteiger partial charge in [-0.15, -0.1) is 0 Å². The van der Waals surface area contributed by atoms with Crippen molar-refractivity contribution in [1.29, 1.82) is 0 Å². The first-order valence-electron chi connectivity index (χ1n) is 6.92. The van der Waals surface area contributed by atoms with Gasteiger partial charge in [0, 0.05) is 31.4 Å². The van der Waals surface area contributed by atoms with Gasteiger partial charge < -0.3 is 5.11 Å². The second kappa shape index (κ2) is 5.33. The van der Waals surface area contributed by atoms with Crippen molar-refractivity contribution in [2.75, 3.05) is 13.1 Å². The maximum absolute atomic E-state index is 11.5. The van der Waals surface area contributed by atoms with E-state index in [2.05, 4.69) is 23.8 Å². The summed E-state index contributed by atoms with van der Waals surface area (Å²) in [6.45, 7) is 6.43. The zero-order valence-electron chi connectivity index (χ0n) is 12.0. The molecule has 0 saturated carbocycles. The Kier molecular flexibility index (Phi) is 3.94. The maximum Gasteiger partial charge on any atom is 0.310 e. The molecule has 1 fully saturated rings. The molecule has 2 rings (SSSR count). The van der Waals surface area contributed by atoms with Crippen LogP contribution in [0.2, 0.25) is 0 Å². The average Bonchev–Trinajstić information content (AvgIpc) is 2.90. The minimum absolute atomic E-state index is 0.537. The molecule has 106 valence electrons. The van der Waals surface area contributed by atoms with Gasteiger partial charge in [0.05, 0.1) is 11.6 Å². The van der Waals surface area contributed by atoms with Crippen molar-refractivity contribution in [3.05, 3.63) is 17.5 Å². The fourth-order valence-electron chi connectivity index (χ4n) is 3.00. The summed E-state index contributed by atoms with van der Waals surface area (Å²) in [5, 5.41) is 13.7. The molecule has 5 heteroatoms. The van der Waals surface area contributed by atoms with Gasteiger partial charge in [-0.1, -0.05) is 13.3 Å². The highest BCUT2D eigenvalue weighted by molar-refractivity contribution is 5.75. The minimum atomic E-state index is -0.639. The van der Waals surface area contributed by atoms with E-state index in [1.807, 2.05) is 17.9 Å². The van der Waals surface area contributed by atoms with Gasteiger partial charge in [0.15, 0.2) is 0 Å². The Morgan fingerprint density at radius 3 is 2.84 bits per heavy atom. The van der Waals surface area contributed by atoms with Crippen molar-refractivity contribution in [2.24, 2.45) is 12.5 Å². The van der Waals surface area contributed by atoms with E-state index in [4.69, 9.17) is 0 Å². The van der Waals surface area contributed by atoms with E-state index >= 15 is 0 Å². The van der Waals surface area contributed by atoms with E-state index in [9.17, 15) is 9.90 Å². The molecule has 1 aliphatic rings. The van der Waals surface area contributed by atoms with Crippen molar-refractivity contribution in [1.82, 2.24) is 14.7 Å². The monoisotopic (exact) mass is 265 g/mol. The van der Waals surface area contributed by atoms with Crippen LogP contribution < -0.4 is 0 Å². The molecule has 0 aromatic carbocycles. The molecule has 1 aromatic rings. The Bertz CT molecular complexity index is 469. The number of hydrogen-bond donors (Lipinski definition) is 1. The second-order valence-electron chi connectivity index (χ2n) is 5.67. The lowest BCUT2D eigenvalue weighted by atomic mass is 9.83. The number of hydrogen-bond acceptors (Lipinski definition) is 3. The first kappa shape index (κ1) is 14.1. The molecule has 2 heterocycles. The predicted molar refractivity (Wildman–Crippen MR) is 72.8 cm³/mol. The lowest BCUT2D eigenvalue weighted by Crippen LogP contribution is -2.34. The van der Waals surface area contributed by atoms with Crippen LogP contribution in [-0.2, 0) is 18.4 Å².